The fourth-order valence-corrected chi connectivity index (χ4v) is 2.04. The first-order valence-electron chi connectivity index (χ1n) is 6.96. The number of carbonyl (C=O) groups excluding carboxylic acids is 1. The Morgan fingerprint density at radius 1 is 1.50 bits per heavy atom. The summed E-state index contributed by atoms with van der Waals surface area (Å²) in [5.74, 6) is -1.38. The van der Waals surface area contributed by atoms with Gasteiger partial charge in [0.15, 0.2) is 6.04 Å². The lowest BCUT2D eigenvalue weighted by molar-refractivity contribution is -0.143. The molecule has 0 bridgehead atoms. The largest absolute Gasteiger partial charge is 0.480 e. The van der Waals surface area contributed by atoms with Gasteiger partial charge in [-0.15, -0.1) is 6.58 Å². The monoisotopic (exact) mass is 285 g/mol. The number of aliphatic carboxylic acids is 1. The van der Waals surface area contributed by atoms with Crippen LogP contribution in [0.1, 0.15) is 32.1 Å². The third-order valence-corrected chi connectivity index (χ3v) is 3.12. The lowest BCUT2D eigenvalue weighted by atomic mass is 10.0. The normalized spacial score (nSPS) is 20.1. The van der Waals surface area contributed by atoms with E-state index in [0.29, 0.717) is 6.42 Å². The Labute approximate surface area is 119 Å². The molecule has 1 rings (SSSR count). The van der Waals surface area contributed by atoms with E-state index in [1.807, 2.05) is 0 Å². The van der Waals surface area contributed by atoms with Crippen molar-refractivity contribution >= 4 is 11.9 Å². The highest BCUT2D eigenvalue weighted by atomic mass is 16.5. The summed E-state index contributed by atoms with van der Waals surface area (Å²) in [4.78, 5) is 22.7. The number of carboxylic acid groups (broad SMARTS) is 1. The van der Waals surface area contributed by atoms with Crippen LogP contribution in [0.25, 0.3) is 0 Å². The molecule has 1 amide bonds. The zero-order chi connectivity index (χ0) is 14.8. The number of carbonyl (C=O) groups is 2. The van der Waals surface area contributed by atoms with Crippen LogP contribution < -0.4 is 5.32 Å². The molecule has 2 atom stereocenters. The van der Waals surface area contributed by atoms with E-state index < -0.39 is 12.0 Å². The van der Waals surface area contributed by atoms with E-state index in [9.17, 15) is 9.59 Å². The van der Waals surface area contributed by atoms with Gasteiger partial charge in [-0.05, 0) is 25.7 Å². The quantitative estimate of drug-likeness (QED) is 0.489. The van der Waals surface area contributed by atoms with Gasteiger partial charge in [-0.2, -0.15) is 0 Å². The highest BCUT2D eigenvalue weighted by Gasteiger charge is 2.21. The van der Waals surface area contributed by atoms with Crippen LogP contribution in [0, 0.1) is 0 Å². The van der Waals surface area contributed by atoms with Gasteiger partial charge in [0.1, 0.15) is 0 Å². The topological polar surface area (TPSA) is 84.9 Å². The molecule has 1 fully saturated rings. The molecule has 0 aromatic carbocycles. The molecule has 2 unspecified atom stereocenters. The highest BCUT2D eigenvalue weighted by Crippen LogP contribution is 2.16. The second-order valence-electron chi connectivity index (χ2n) is 4.81. The van der Waals surface area contributed by atoms with Crippen molar-refractivity contribution in [1.82, 2.24) is 5.32 Å². The van der Waals surface area contributed by atoms with Gasteiger partial charge >= 0.3 is 5.97 Å². The second kappa shape index (κ2) is 9.50. The number of nitrogens with one attached hydrogen (secondary N) is 1. The van der Waals surface area contributed by atoms with E-state index >= 15 is 0 Å². The molecular formula is C14H23NO5. The number of hydrogen-bond acceptors (Lipinski definition) is 4. The van der Waals surface area contributed by atoms with E-state index in [2.05, 4.69) is 11.9 Å². The van der Waals surface area contributed by atoms with Crippen molar-refractivity contribution in [2.75, 3.05) is 19.8 Å². The van der Waals surface area contributed by atoms with Crippen LogP contribution in [0.2, 0.25) is 0 Å². The number of carboxylic acids is 1. The summed E-state index contributed by atoms with van der Waals surface area (Å²) in [7, 11) is 0. The Morgan fingerprint density at radius 3 is 2.90 bits per heavy atom. The fraction of sp³-hybridized carbons (Fsp3) is 0.714. The number of amides is 1. The van der Waals surface area contributed by atoms with E-state index in [1.54, 1.807) is 0 Å². The van der Waals surface area contributed by atoms with Gasteiger partial charge in [0.25, 0.3) is 0 Å². The van der Waals surface area contributed by atoms with Crippen LogP contribution in [0.5, 0.6) is 0 Å². The average molecular weight is 285 g/mol. The fourth-order valence-electron chi connectivity index (χ4n) is 2.04. The standard InChI is InChI=1S/C14H23NO5/c1-2-8-19-10-12(14(17)18)15-13(16)7-6-11-5-3-4-9-20-11/h2,11-12H,1,3-10H2,(H,15,16)(H,17,18). The molecule has 2 N–H and O–H groups in total. The maximum Gasteiger partial charge on any atom is 0.328 e. The average Bonchev–Trinajstić information content (AvgIpc) is 2.45. The Balaban J connectivity index is 2.25. The van der Waals surface area contributed by atoms with Crippen LogP contribution in [-0.2, 0) is 19.1 Å². The zero-order valence-corrected chi connectivity index (χ0v) is 11.7. The Bertz CT molecular complexity index is 326. The zero-order valence-electron chi connectivity index (χ0n) is 11.7. The molecule has 6 nitrogen and oxygen atoms in total. The Morgan fingerprint density at radius 2 is 2.30 bits per heavy atom. The minimum atomic E-state index is -1.10. The van der Waals surface area contributed by atoms with Crippen LogP contribution >= 0.6 is 0 Å². The van der Waals surface area contributed by atoms with Gasteiger partial charge in [0.05, 0.1) is 19.3 Å². The van der Waals surface area contributed by atoms with E-state index in [0.717, 1.165) is 25.9 Å². The SMILES string of the molecule is C=CCOCC(NC(=O)CCC1CCCCO1)C(=O)O. The van der Waals surface area contributed by atoms with Gasteiger partial charge in [-0.25, -0.2) is 4.79 Å². The van der Waals surface area contributed by atoms with Crippen molar-refractivity contribution in [3.05, 3.63) is 12.7 Å². The van der Waals surface area contributed by atoms with Crippen LogP contribution in [-0.4, -0.2) is 48.9 Å². The van der Waals surface area contributed by atoms with Gasteiger partial charge in [-0.3, -0.25) is 4.79 Å². The molecule has 114 valence electrons. The molecule has 1 heterocycles. The van der Waals surface area contributed by atoms with Gasteiger partial charge in [0.2, 0.25) is 5.91 Å². The summed E-state index contributed by atoms with van der Waals surface area (Å²) in [6.45, 7) is 4.42. The second-order valence-corrected chi connectivity index (χ2v) is 4.81. The first kappa shape index (κ1) is 16.7. The van der Waals surface area contributed by atoms with Crippen LogP contribution in [0.15, 0.2) is 12.7 Å². The third-order valence-electron chi connectivity index (χ3n) is 3.12. The van der Waals surface area contributed by atoms with Gasteiger partial charge in [-0.1, -0.05) is 6.08 Å². The van der Waals surface area contributed by atoms with E-state index in [1.165, 1.54) is 6.08 Å². The van der Waals surface area contributed by atoms with Crippen molar-refractivity contribution in [2.45, 2.75) is 44.2 Å². The van der Waals surface area contributed by atoms with E-state index in [-0.39, 0.29) is 31.6 Å². The Hall–Kier alpha value is -1.40. The maximum absolute atomic E-state index is 11.7. The van der Waals surface area contributed by atoms with Crippen molar-refractivity contribution < 1.29 is 24.2 Å². The predicted molar refractivity (Wildman–Crippen MR) is 73.4 cm³/mol. The first-order chi connectivity index (χ1) is 9.63. The molecular weight excluding hydrogens is 262 g/mol. The molecule has 0 radical (unpaired) electrons. The molecule has 1 aliphatic heterocycles. The molecule has 1 aliphatic rings. The highest BCUT2D eigenvalue weighted by molar-refractivity contribution is 5.83. The summed E-state index contributed by atoms with van der Waals surface area (Å²) in [5.41, 5.74) is 0. The van der Waals surface area contributed by atoms with E-state index in [4.69, 9.17) is 14.6 Å². The summed E-state index contributed by atoms with van der Waals surface area (Å²) < 4.78 is 10.6. The molecule has 0 aliphatic carbocycles. The third kappa shape index (κ3) is 6.68. The van der Waals surface area contributed by atoms with Crippen molar-refractivity contribution in [2.24, 2.45) is 0 Å². The maximum atomic E-state index is 11.7. The van der Waals surface area contributed by atoms with Crippen molar-refractivity contribution in [3.8, 4) is 0 Å². The van der Waals surface area contributed by atoms with Crippen molar-refractivity contribution in [1.29, 1.82) is 0 Å². The molecule has 0 aromatic rings. The number of ether oxygens (including phenoxy) is 2. The summed E-state index contributed by atoms with van der Waals surface area (Å²) >= 11 is 0. The predicted octanol–water partition coefficient (Wildman–Crippen LogP) is 1.11. The molecule has 1 saturated heterocycles. The summed E-state index contributed by atoms with van der Waals surface area (Å²) in [5, 5.41) is 11.5. The molecule has 0 aromatic heterocycles. The van der Waals surface area contributed by atoms with Crippen LogP contribution in [0.4, 0.5) is 0 Å². The summed E-state index contributed by atoms with van der Waals surface area (Å²) in [6.07, 6.45) is 5.72. The van der Waals surface area contributed by atoms with Crippen molar-refractivity contribution in [3.63, 3.8) is 0 Å². The molecule has 0 saturated carbocycles. The van der Waals surface area contributed by atoms with Crippen LogP contribution in [0.3, 0.4) is 0 Å². The Kier molecular flexibility index (Phi) is 7.91. The minimum absolute atomic E-state index is 0.0625. The minimum Gasteiger partial charge on any atom is -0.480 e. The van der Waals surface area contributed by atoms with Gasteiger partial charge < -0.3 is 19.9 Å². The van der Waals surface area contributed by atoms with Gasteiger partial charge in [0, 0.05) is 13.0 Å². The molecule has 20 heavy (non-hydrogen) atoms. The summed E-state index contributed by atoms with van der Waals surface area (Å²) in [6, 6.07) is -1.02. The lowest BCUT2D eigenvalue weighted by Gasteiger charge is -2.22. The lowest BCUT2D eigenvalue weighted by Crippen LogP contribution is -2.44. The number of hydrogen-bond donors (Lipinski definition) is 2. The molecule has 0 spiro atoms. The smallest absolute Gasteiger partial charge is 0.328 e. The number of rotatable bonds is 9. The first-order valence-corrected chi connectivity index (χ1v) is 6.96. The molecule has 6 heteroatoms.